The second-order valence-electron chi connectivity index (χ2n) is 6.33. The smallest absolute Gasteiger partial charge is 0.223 e. The van der Waals surface area contributed by atoms with Gasteiger partial charge in [0, 0.05) is 25.4 Å². The van der Waals surface area contributed by atoms with Crippen molar-refractivity contribution in [3.05, 3.63) is 65.0 Å². The number of hydrogen-bond donors (Lipinski definition) is 0. The number of pyridine rings is 1. The second kappa shape index (κ2) is 6.95. The standard InChI is InChI=1S/C20H24N2O/c1-3-4-7-19(23)22-12-10-16-13-15(2)8-9-18(16)20(22)17-6-5-11-21-14-17/h5-6,8-9,11,13-14,20H,3-4,7,10,12H2,1-2H3. The number of nitrogens with zero attached hydrogens (tertiary/aromatic N) is 2. The summed E-state index contributed by atoms with van der Waals surface area (Å²) in [6, 6.07) is 10.6. The van der Waals surface area contributed by atoms with Crippen LogP contribution in [0.25, 0.3) is 0 Å². The van der Waals surface area contributed by atoms with Gasteiger partial charge in [0.1, 0.15) is 0 Å². The number of rotatable bonds is 4. The Hall–Kier alpha value is -2.16. The molecule has 0 aliphatic carbocycles. The van der Waals surface area contributed by atoms with Crippen molar-refractivity contribution >= 4 is 5.91 Å². The molecule has 120 valence electrons. The highest BCUT2D eigenvalue weighted by Gasteiger charge is 2.31. The average molecular weight is 308 g/mol. The monoisotopic (exact) mass is 308 g/mol. The Morgan fingerprint density at radius 1 is 1.35 bits per heavy atom. The van der Waals surface area contributed by atoms with Gasteiger partial charge in [-0.2, -0.15) is 0 Å². The van der Waals surface area contributed by atoms with E-state index in [1.165, 1.54) is 16.7 Å². The van der Waals surface area contributed by atoms with E-state index in [0.717, 1.165) is 31.4 Å². The van der Waals surface area contributed by atoms with Gasteiger partial charge < -0.3 is 4.90 Å². The molecule has 1 aromatic heterocycles. The molecule has 0 saturated carbocycles. The molecule has 3 heteroatoms. The number of unbranched alkanes of at least 4 members (excludes halogenated alkanes) is 1. The second-order valence-corrected chi connectivity index (χ2v) is 6.33. The molecule has 0 fully saturated rings. The third-order valence-corrected chi connectivity index (χ3v) is 4.59. The summed E-state index contributed by atoms with van der Waals surface area (Å²) in [5, 5.41) is 0. The van der Waals surface area contributed by atoms with Crippen molar-refractivity contribution in [2.24, 2.45) is 0 Å². The summed E-state index contributed by atoms with van der Waals surface area (Å²) in [6.45, 7) is 5.04. The molecule has 0 spiro atoms. The van der Waals surface area contributed by atoms with Gasteiger partial charge in [-0.1, -0.05) is 43.2 Å². The number of fused-ring (bicyclic) bond motifs is 1. The first kappa shape index (κ1) is 15.7. The van der Waals surface area contributed by atoms with E-state index in [1.54, 1.807) is 6.20 Å². The summed E-state index contributed by atoms with van der Waals surface area (Å²) in [5.74, 6) is 0.256. The zero-order valence-corrected chi connectivity index (χ0v) is 14.0. The summed E-state index contributed by atoms with van der Waals surface area (Å²) < 4.78 is 0. The topological polar surface area (TPSA) is 33.2 Å². The average Bonchev–Trinajstić information content (AvgIpc) is 2.59. The first-order chi connectivity index (χ1) is 11.2. The summed E-state index contributed by atoms with van der Waals surface area (Å²) in [6.07, 6.45) is 7.24. The molecular formula is C20H24N2O. The van der Waals surface area contributed by atoms with E-state index in [9.17, 15) is 4.79 Å². The fourth-order valence-corrected chi connectivity index (χ4v) is 3.39. The van der Waals surface area contributed by atoms with Crippen molar-refractivity contribution in [2.45, 2.75) is 45.6 Å². The number of aromatic nitrogens is 1. The Balaban J connectivity index is 2.01. The van der Waals surface area contributed by atoms with E-state index in [1.807, 2.05) is 17.2 Å². The SMILES string of the molecule is CCCCC(=O)N1CCc2cc(C)ccc2C1c1cccnc1. The molecule has 1 aliphatic heterocycles. The zero-order valence-electron chi connectivity index (χ0n) is 14.0. The van der Waals surface area contributed by atoms with Gasteiger partial charge in [0.25, 0.3) is 0 Å². The number of benzene rings is 1. The highest BCUT2D eigenvalue weighted by atomic mass is 16.2. The Morgan fingerprint density at radius 2 is 2.22 bits per heavy atom. The van der Waals surface area contributed by atoms with Crippen LogP contribution in [0.3, 0.4) is 0 Å². The number of carbonyl (C=O) groups excluding carboxylic acids is 1. The van der Waals surface area contributed by atoms with Gasteiger partial charge in [0.15, 0.2) is 0 Å². The quantitative estimate of drug-likeness (QED) is 0.853. The molecule has 0 radical (unpaired) electrons. The highest BCUT2D eigenvalue weighted by Crippen LogP contribution is 2.35. The van der Waals surface area contributed by atoms with E-state index in [4.69, 9.17) is 0 Å². The molecule has 3 nitrogen and oxygen atoms in total. The summed E-state index contributed by atoms with van der Waals surface area (Å²) in [5.41, 5.74) is 4.99. The van der Waals surface area contributed by atoms with Crippen LogP contribution in [0.15, 0.2) is 42.7 Å². The molecule has 1 aliphatic rings. The predicted octanol–water partition coefficient (Wildman–Crippen LogP) is 4.05. The predicted molar refractivity (Wildman–Crippen MR) is 92.2 cm³/mol. The van der Waals surface area contributed by atoms with Gasteiger partial charge in [-0.25, -0.2) is 0 Å². The lowest BCUT2D eigenvalue weighted by Gasteiger charge is -2.38. The van der Waals surface area contributed by atoms with Crippen LogP contribution in [0.5, 0.6) is 0 Å². The lowest BCUT2D eigenvalue weighted by Crippen LogP contribution is -2.40. The van der Waals surface area contributed by atoms with Crippen molar-refractivity contribution in [3.63, 3.8) is 0 Å². The molecule has 0 saturated heterocycles. The number of hydrogen-bond acceptors (Lipinski definition) is 2. The normalized spacial score (nSPS) is 17.0. The lowest BCUT2D eigenvalue weighted by molar-refractivity contribution is -0.133. The molecule has 1 amide bonds. The Morgan fingerprint density at radius 3 is 2.96 bits per heavy atom. The van der Waals surface area contributed by atoms with Gasteiger partial charge in [0.05, 0.1) is 6.04 Å². The van der Waals surface area contributed by atoms with Crippen LogP contribution in [-0.2, 0) is 11.2 Å². The Kier molecular flexibility index (Phi) is 4.75. The van der Waals surface area contributed by atoms with E-state index < -0.39 is 0 Å². The van der Waals surface area contributed by atoms with Crippen molar-refractivity contribution in [2.75, 3.05) is 6.54 Å². The summed E-state index contributed by atoms with van der Waals surface area (Å²) in [4.78, 5) is 19.0. The fraction of sp³-hybridized carbons (Fsp3) is 0.400. The van der Waals surface area contributed by atoms with Crippen LogP contribution in [0.4, 0.5) is 0 Å². The molecule has 2 aromatic rings. The molecule has 23 heavy (non-hydrogen) atoms. The van der Waals surface area contributed by atoms with Gasteiger partial charge in [-0.3, -0.25) is 9.78 Å². The van der Waals surface area contributed by atoms with Gasteiger partial charge in [-0.15, -0.1) is 0 Å². The van der Waals surface area contributed by atoms with Gasteiger partial charge >= 0.3 is 0 Å². The number of amides is 1. The summed E-state index contributed by atoms with van der Waals surface area (Å²) in [7, 11) is 0. The molecule has 3 rings (SSSR count). The minimum atomic E-state index is -0.00240. The largest absolute Gasteiger partial charge is 0.331 e. The first-order valence-electron chi connectivity index (χ1n) is 8.49. The van der Waals surface area contributed by atoms with Crippen LogP contribution in [-0.4, -0.2) is 22.3 Å². The van der Waals surface area contributed by atoms with E-state index in [2.05, 4.69) is 43.1 Å². The van der Waals surface area contributed by atoms with E-state index in [-0.39, 0.29) is 11.9 Å². The van der Waals surface area contributed by atoms with Crippen molar-refractivity contribution in [1.82, 2.24) is 9.88 Å². The van der Waals surface area contributed by atoms with Crippen LogP contribution in [0.1, 0.15) is 54.5 Å². The molecule has 0 N–H and O–H groups in total. The molecular weight excluding hydrogens is 284 g/mol. The minimum absolute atomic E-state index is 0.00240. The van der Waals surface area contributed by atoms with Crippen molar-refractivity contribution in [1.29, 1.82) is 0 Å². The Labute approximate surface area is 138 Å². The maximum absolute atomic E-state index is 12.7. The molecule has 0 bridgehead atoms. The van der Waals surface area contributed by atoms with Gasteiger partial charge in [-0.05, 0) is 42.5 Å². The van der Waals surface area contributed by atoms with Crippen molar-refractivity contribution < 1.29 is 4.79 Å². The maximum Gasteiger partial charge on any atom is 0.223 e. The maximum atomic E-state index is 12.7. The molecule has 1 aromatic carbocycles. The molecule has 1 atom stereocenters. The third kappa shape index (κ3) is 3.29. The van der Waals surface area contributed by atoms with E-state index in [0.29, 0.717) is 6.42 Å². The zero-order chi connectivity index (χ0) is 16.2. The third-order valence-electron chi connectivity index (χ3n) is 4.59. The van der Waals surface area contributed by atoms with E-state index >= 15 is 0 Å². The lowest BCUT2D eigenvalue weighted by atomic mass is 9.87. The summed E-state index contributed by atoms with van der Waals surface area (Å²) >= 11 is 0. The van der Waals surface area contributed by atoms with Crippen LogP contribution < -0.4 is 0 Å². The number of carbonyl (C=O) groups is 1. The van der Waals surface area contributed by atoms with Crippen LogP contribution in [0.2, 0.25) is 0 Å². The number of aryl methyl sites for hydroxylation is 1. The Bertz CT molecular complexity index is 681. The fourth-order valence-electron chi connectivity index (χ4n) is 3.39. The minimum Gasteiger partial charge on any atom is -0.331 e. The van der Waals surface area contributed by atoms with Gasteiger partial charge in [0.2, 0.25) is 5.91 Å². The first-order valence-corrected chi connectivity index (χ1v) is 8.49. The molecule has 1 unspecified atom stereocenters. The van der Waals surface area contributed by atoms with Crippen LogP contribution in [0, 0.1) is 6.92 Å². The highest BCUT2D eigenvalue weighted by molar-refractivity contribution is 5.77. The van der Waals surface area contributed by atoms with Crippen molar-refractivity contribution in [3.8, 4) is 0 Å². The van der Waals surface area contributed by atoms with Crippen LogP contribution >= 0.6 is 0 Å². The molecule has 2 heterocycles.